The summed E-state index contributed by atoms with van der Waals surface area (Å²) in [6, 6.07) is 7.81. The average molecular weight is 434 g/mol. The Morgan fingerprint density at radius 2 is 2.03 bits per heavy atom. The van der Waals surface area contributed by atoms with Crippen molar-refractivity contribution in [1.29, 1.82) is 0 Å². The quantitative estimate of drug-likeness (QED) is 0.430. The summed E-state index contributed by atoms with van der Waals surface area (Å²) in [4.78, 5) is 14.6. The van der Waals surface area contributed by atoms with Gasteiger partial charge in [-0.05, 0) is 25.0 Å². The zero-order chi connectivity index (χ0) is 22.2. The van der Waals surface area contributed by atoms with Gasteiger partial charge in [0.15, 0.2) is 12.0 Å². The molecule has 1 aromatic heterocycles. The van der Waals surface area contributed by atoms with Crippen molar-refractivity contribution in [2.24, 2.45) is 0 Å². The van der Waals surface area contributed by atoms with Gasteiger partial charge < -0.3 is 33.4 Å². The maximum Gasteiger partial charge on any atom is 0.288 e. The first-order chi connectivity index (χ1) is 15.1. The van der Waals surface area contributed by atoms with Crippen LogP contribution in [0.2, 0.25) is 0 Å². The number of fused-ring (bicyclic) bond motifs is 1. The molecule has 1 aromatic carbocycles. The van der Waals surface area contributed by atoms with Crippen molar-refractivity contribution < 1.29 is 33.3 Å². The van der Waals surface area contributed by atoms with Crippen molar-refractivity contribution in [3.05, 3.63) is 47.9 Å². The monoisotopic (exact) mass is 433 g/mol. The lowest BCUT2D eigenvalue weighted by Crippen LogP contribution is -2.39. The number of rotatable bonds is 11. The largest absolute Gasteiger partial charge is 0.464 e. The Kier molecular flexibility index (Phi) is 8.48. The van der Waals surface area contributed by atoms with Crippen molar-refractivity contribution in [2.75, 3.05) is 41.0 Å². The molecule has 1 aliphatic heterocycles. The van der Waals surface area contributed by atoms with Crippen LogP contribution in [0.1, 0.15) is 30.7 Å². The minimum atomic E-state index is -0.574. The highest BCUT2D eigenvalue weighted by Gasteiger charge is 2.32. The summed E-state index contributed by atoms with van der Waals surface area (Å²) < 4.78 is 27.9. The van der Waals surface area contributed by atoms with Gasteiger partial charge in [-0.15, -0.1) is 0 Å². The number of aliphatic hydroxyl groups excluding tert-OH is 1. The third kappa shape index (κ3) is 5.86. The molecule has 3 rings (SSSR count). The number of unbranched alkanes of at least 4 members (excludes halogenated alkanes) is 1. The molecule has 0 aliphatic carbocycles. The summed E-state index contributed by atoms with van der Waals surface area (Å²) in [5.41, 5.74) is 1.79. The molecule has 8 nitrogen and oxygen atoms in total. The Balaban J connectivity index is 1.82. The van der Waals surface area contributed by atoms with Gasteiger partial charge in [0.1, 0.15) is 5.58 Å². The third-order valence-corrected chi connectivity index (χ3v) is 5.33. The van der Waals surface area contributed by atoms with E-state index in [-0.39, 0.29) is 30.7 Å². The molecule has 0 bridgehead atoms. The molecule has 1 aliphatic rings. The summed E-state index contributed by atoms with van der Waals surface area (Å²) in [5.74, 6) is -0.157. The van der Waals surface area contributed by atoms with Crippen molar-refractivity contribution in [2.45, 2.75) is 37.8 Å². The van der Waals surface area contributed by atoms with E-state index in [1.807, 2.05) is 30.3 Å². The lowest BCUT2D eigenvalue weighted by molar-refractivity contribution is -0.158. The van der Waals surface area contributed by atoms with Gasteiger partial charge in [0.25, 0.3) is 5.91 Å². The topological polar surface area (TPSA) is 90.6 Å². The van der Waals surface area contributed by atoms with Crippen molar-refractivity contribution in [1.82, 2.24) is 4.90 Å². The second-order valence-corrected chi connectivity index (χ2v) is 7.50. The highest BCUT2D eigenvalue weighted by Crippen LogP contribution is 2.36. The molecule has 170 valence electrons. The molecule has 0 radical (unpaired) electrons. The summed E-state index contributed by atoms with van der Waals surface area (Å²) in [6.45, 7) is 0.817. The van der Waals surface area contributed by atoms with Crippen LogP contribution in [0, 0.1) is 0 Å². The van der Waals surface area contributed by atoms with Gasteiger partial charge in [0.2, 0.25) is 6.29 Å². The number of aliphatic hydroxyl groups is 1. The predicted molar refractivity (Wildman–Crippen MR) is 114 cm³/mol. The maximum atomic E-state index is 13.1. The summed E-state index contributed by atoms with van der Waals surface area (Å²) in [6.07, 6.45) is 4.39. The number of benzene rings is 1. The molecule has 0 saturated carbocycles. The predicted octanol–water partition coefficient (Wildman–Crippen LogP) is 3.01. The van der Waals surface area contributed by atoms with E-state index < -0.39 is 12.6 Å². The van der Waals surface area contributed by atoms with Crippen molar-refractivity contribution >= 4 is 16.9 Å². The minimum Gasteiger partial charge on any atom is -0.464 e. The zero-order valence-electron chi connectivity index (χ0n) is 18.3. The van der Waals surface area contributed by atoms with E-state index in [1.54, 1.807) is 13.3 Å². The fourth-order valence-electron chi connectivity index (χ4n) is 3.58. The Hall–Kier alpha value is -2.39. The van der Waals surface area contributed by atoms with Crippen LogP contribution in [-0.4, -0.2) is 69.5 Å². The third-order valence-electron chi connectivity index (χ3n) is 5.33. The highest BCUT2D eigenvalue weighted by molar-refractivity contribution is 5.92. The first-order valence-electron chi connectivity index (χ1n) is 10.5. The molecular weight excluding hydrogens is 402 g/mol. The van der Waals surface area contributed by atoms with Crippen LogP contribution in [0.4, 0.5) is 0 Å². The number of hydrogen-bond donors (Lipinski definition) is 1. The van der Waals surface area contributed by atoms with E-state index in [4.69, 9.17) is 28.5 Å². The molecule has 2 aromatic rings. The van der Waals surface area contributed by atoms with E-state index in [1.165, 1.54) is 19.1 Å². The minimum absolute atomic E-state index is 0.103. The Morgan fingerprint density at radius 3 is 2.77 bits per heavy atom. The summed E-state index contributed by atoms with van der Waals surface area (Å²) >= 11 is 0. The van der Waals surface area contributed by atoms with E-state index in [2.05, 4.69) is 0 Å². The van der Waals surface area contributed by atoms with Crippen molar-refractivity contribution in [3.63, 3.8) is 0 Å². The van der Waals surface area contributed by atoms with E-state index in [0.29, 0.717) is 25.9 Å². The molecule has 0 fully saturated rings. The normalized spacial score (nSPS) is 18.8. The molecule has 2 heterocycles. The number of allylic oxidation sites excluding steroid dienone is 1. The van der Waals surface area contributed by atoms with Gasteiger partial charge in [0.05, 0.1) is 19.4 Å². The molecule has 0 saturated heterocycles. The second kappa shape index (κ2) is 11.3. The van der Waals surface area contributed by atoms with Crippen LogP contribution in [0.5, 0.6) is 0 Å². The van der Waals surface area contributed by atoms with Crippen LogP contribution in [0.25, 0.3) is 11.0 Å². The van der Waals surface area contributed by atoms with Gasteiger partial charge in [-0.2, -0.15) is 0 Å². The number of ether oxygens (including phenoxy) is 4. The van der Waals surface area contributed by atoms with Crippen LogP contribution in [-0.2, 0) is 23.7 Å². The highest BCUT2D eigenvalue weighted by atomic mass is 16.7. The Morgan fingerprint density at radius 1 is 1.26 bits per heavy atom. The maximum absolute atomic E-state index is 13.1. The zero-order valence-corrected chi connectivity index (χ0v) is 18.3. The summed E-state index contributed by atoms with van der Waals surface area (Å²) in [7, 11) is 4.73. The number of likely N-dealkylation sites (N-methyl/N-ethyl adjacent to an activating group) is 1. The average Bonchev–Trinajstić information content (AvgIpc) is 3.23. The Labute approximate surface area is 182 Å². The van der Waals surface area contributed by atoms with Crippen LogP contribution in [0.15, 0.2) is 46.8 Å². The second-order valence-electron chi connectivity index (χ2n) is 7.50. The summed E-state index contributed by atoms with van der Waals surface area (Å²) in [5, 5.41) is 9.99. The lowest BCUT2D eigenvalue weighted by Gasteiger charge is -2.31. The first kappa shape index (κ1) is 23.3. The number of nitrogens with zero attached hydrogens (tertiary/aromatic N) is 1. The first-order valence-corrected chi connectivity index (χ1v) is 10.5. The fraction of sp³-hybridized carbons (Fsp3) is 0.522. The standard InChI is InChI=1S/C23H31NO7/c1-24(14-22(27-2)28-3)23(26)20-12-16(13-21(31-20)29-11-7-6-10-25)18-15-30-19-9-5-4-8-17(18)19/h4-5,8-9,12,15-16,21-22,25H,6-7,10-11,13-14H2,1-3H3/t16-,21+/m0/s1. The van der Waals surface area contributed by atoms with E-state index >= 15 is 0 Å². The molecule has 0 spiro atoms. The number of furan rings is 1. The number of methoxy groups -OCH3 is 2. The number of hydrogen-bond acceptors (Lipinski definition) is 7. The number of carbonyl (C=O) groups is 1. The molecular formula is C23H31NO7. The van der Waals surface area contributed by atoms with Crippen LogP contribution < -0.4 is 0 Å². The smallest absolute Gasteiger partial charge is 0.288 e. The van der Waals surface area contributed by atoms with E-state index in [9.17, 15) is 4.79 Å². The number of amides is 1. The van der Waals surface area contributed by atoms with Gasteiger partial charge >= 0.3 is 0 Å². The van der Waals surface area contributed by atoms with Crippen LogP contribution >= 0.6 is 0 Å². The number of para-hydroxylation sites is 1. The van der Waals surface area contributed by atoms with Crippen LogP contribution in [0.3, 0.4) is 0 Å². The van der Waals surface area contributed by atoms with Crippen molar-refractivity contribution in [3.8, 4) is 0 Å². The molecule has 1 N–H and O–H groups in total. The molecule has 8 heteroatoms. The fourth-order valence-corrected chi connectivity index (χ4v) is 3.58. The lowest BCUT2D eigenvalue weighted by atomic mass is 9.92. The molecule has 0 unspecified atom stereocenters. The number of carbonyl (C=O) groups excluding carboxylic acids is 1. The van der Waals surface area contributed by atoms with Gasteiger partial charge in [-0.25, -0.2) is 0 Å². The Bertz CT molecular complexity index is 874. The van der Waals surface area contributed by atoms with E-state index in [0.717, 1.165) is 16.5 Å². The SMILES string of the molecule is COC(CN(C)C(=O)C1=C[C@H](c2coc3ccccc23)C[C@H](OCCCCO)O1)OC. The molecule has 1 amide bonds. The van der Waals surface area contributed by atoms with Gasteiger partial charge in [-0.3, -0.25) is 4.79 Å². The molecule has 31 heavy (non-hydrogen) atoms. The van der Waals surface area contributed by atoms with Gasteiger partial charge in [-0.1, -0.05) is 18.2 Å². The van der Waals surface area contributed by atoms with Gasteiger partial charge in [0, 0.05) is 51.2 Å². The molecule has 2 atom stereocenters.